The molecule has 0 saturated heterocycles. The summed E-state index contributed by atoms with van der Waals surface area (Å²) in [4.78, 5) is 9.17. The largest absolute Gasteiger partial charge is 0.497 e. The molecule has 0 aliphatic carbocycles. The van der Waals surface area contributed by atoms with Crippen molar-refractivity contribution < 1.29 is 4.74 Å². The number of benzene rings is 1. The van der Waals surface area contributed by atoms with E-state index in [1.165, 1.54) is 0 Å². The maximum atomic E-state index is 5.26. The highest BCUT2D eigenvalue weighted by molar-refractivity contribution is 5.84. The first-order valence-corrected chi connectivity index (χ1v) is 6.72. The fraction of sp³-hybridized carbons (Fsp3) is 0.0588. The van der Waals surface area contributed by atoms with Crippen molar-refractivity contribution in [1.82, 2.24) is 14.4 Å². The van der Waals surface area contributed by atoms with Gasteiger partial charge in [-0.25, -0.2) is 9.97 Å². The molecule has 0 amide bonds. The van der Waals surface area contributed by atoms with Gasteiger partial charge in [-0.05, 0) is 30.3 Å². The predicted molar refractivity (Wildman–Crippen MR) is 82.5 cm³/mol. The first-order valence-electron chi connectivity index (χ1n) is 6.72. The highest BCUT2D eigenvalue weighted by atomic mass is 16.5. The summed E-state index contributed by atoms with van der Waals surface area (Å²) >= 11 is 0. The van der Waals surface area contributed by atoms with Gasteiger partial charge in [0.25, 0.3) is 0 Å². The van der Waals surface area contributed by atoms with Gasteiger partial charge in [-0.2, -0.15) is 0 Å². The Kier molecular flexibility index (Phi) is 2.60. The van der Waals surface area contributed by atoms with E-state index in [1.807, 2.05) is 48.8 Å². The Morgan fingerprint density at radius 2 is 2.00 bits per heavy atom. The molecule has 4 nitrogen and oxygen atoms in total. The molecule has 0 aliphatic heterocycles. The Hall–Kier alpha value is -2.88. The van der Waals surface area contributed by atoms with Crippen LogP contribution < -0.4 is 4.74 Å². The molecule has 0 unspecified atom stereocenters. The molecule has 0 saturated carbocycles. The maximum absolute atomic E-state index is 5.26. The van der Waals surface area contributed by atoms with Crippen LogP contribution in [0.3, 0.4) is 0 Å². The summed E-state index contributed by atoms with van der Waals surface area (Å²) in [5.41, 5.74) is 2.98. The van der Waals surface area contributed by atoms with Crippen molar-refractivity contribution in [2.45, 2.75) is 0 Å². The van der Waals surface area contributed by atoms with E-state index in [9.17, 15) is 0 Å². The standard InChI is InChI=1S/C17H13N3O/c1-21-15-7-4-5-12(10-15)16-18-11-13-9-14-6-2-3-8-20(14)17(13)19-16/h2-11H,1H3. The zero-order chi connectivity index (χ0) is 14.2. The summed E-state index contributed by atoms with van der Waals surface area (Å²) in [7, 11) is 1.66. The number of hydrogen-bond acceptors (Lipinski definition) is 3. The van der Waals surface area contributed by atoms with Gasteiger partial charge in [-0.1, -0.05) is 18.2 Å². The van der Waals surface area contributed by atoms with Crippen LogP contribution in [0.25, 0.3) is 27.9 Å². The van der Waals surface area contributed by atoms with Crippen molar-refractivity contribution in [1.29, 1.82) is 0 Å². The number of ether oxygens (including phenoxy) is 1. The highest BCUT2D eigenvalue weighted by Crippen LogP contribution is 2.24. The molecule has 4 aromatic rings. The molecule has 0 aliphatic rings. The highest BCUT2D eigenvalue weighted by Gasteiger charge is 2.08. The second-order valence-corrected chi connectivity index (χ2v) is 4.84. The summed E-state index contributed by atoms with van der Waals surface area (Å²) in [6, 6.07) is 15.9. The second kappa shape index (κ2) is 4.59. The number of pyridine rings is 1. The van der Waals surface area contributed by atoms with Gasteiger partial charge in [0.05, 0.1) is 7.11 Å². The molecular formula is C17H13N3O. The van der Waals surface area contributed by atoms with E-state index in [-0.39, 0.29) is 0 Å². The Labute approximate surface area is 121 Å². The average Bonchev–Trinajstić information content (AvgIpc) is 2.92. The summed E-state index contributed by atoms with van der Waals surface area (Å²) < 4.78 is 7.33. The topological polar surface area (TPSA) is 39.4 Å². The minimum atomic E-state index is 0.699. The van der Waals surface area contributed by atoms with E-state index in [4.69, 9.17) is 9.72 Å². The Morgan fingerprint density at radius 1 is 1.05 bits per heavy atom. The number of fused-ring (bicyclic) bond motifs is 3. The molecule has 0 atom stereocenters. The van der Waals surface area contributed by atoms with Gasteiger partial charge in [0.15, 0.2) is 5.82 Å². The van der Waals surface area contributed by atoms with Crippen LogP contribution in [0.1, 0.15) is 0 Å². The van der Waals surface area contributed by atoms with E-state index in [0.717, 1.165) is 27.9 Å². The van der Waals surface area contributed by atoms with Crippen LogP contribution in [0, 0.1) is 0 Å². The van der Waals surface area contributed by atoms with E-state index in [2.05, 4.69) is 21.5 Å². The van der Waals surface area contributed by atoms with Crippen molar-refractivity contribution in [2.75, 3.05) is 7.11 Å². The summed E-state index contributed by atoms with van der Waals surface area (Å²) in [5.74, 6) is 1.50. The third kappa shape index (κ3) is 1.92. The molecule has 0 spiro atoms. The van der Waals surface area contributed by atoms with Gasteiger partial charge < -0.3 is 9.14 Å². The number of nitrogens with zero attached hydrogens (tertiary/aromatic N) is 3. The molecule has 3 heterocycles. The molecule has 102 valence electrons. The third-order valence-corrected chi connectivity index (χ3v) is 3.55. The van der Waals surface area contributed by atoms with Crippen molar-refractivity contribution in [3.63, 3.8) is 0 Å². The van der Waals surface area contributed by atoms with Crippen molar-refractivity contribution in [3.8, 4) is 17.1 Å². The summed E-state index contributed by atoms with van der Waals surface area (Å²) in [6.45, 7) is 0. The van der Waals surface area contributed by atoms with Crippen LogP contribution in [0.5, 0.6) is 5.75 Å². The van der Waals surface area contributed by atoms with Crippen LogP contribution in [-0.2, 0) is 0 Å². The molecule has 4 heteroatoms. The Morgan fingerprint density at radius 3 is 2.90 bits per heavy atom. The molecule has 1 aromatic carbocycles. The average molecular weight is 275 g/mol. The SMILES string of the molecule is COc1cccc(-c2ncc3cc4ccccn4c3n2)c1. The zero-order valence-corrected chi connectivity index (χ0v) is 11.5. The smallest absolute Gasteiger partial charge is 0.161 e. The lowest BCUT2D eigenvalue weighted by Gasteiger charge is -2.04. The summed E-state index contributed by atoms with van der Waals surface area (Å²) in [5, 5.41) is 1.04. The molecule has 21 heavy (non-hydrogen) atoms. The van der Waals surface area contributed by atoms with E-state index >= 15 is 0 Å². The van der Waals surface area contributed by atoms with Crippen LogP contribution >= 0.6 is 0 Å². The van der Waals surface area contributed by atoms with Gasteiger partial charge in [-0.3, -0.25) is 0 Å². The van der Waals surface area contributed by atoms with Crippen LogP contribution in [0.15, 0.2) is 60.9 Å². The first-order chi connectivity index (χ1) is 10.3. The van der Waals surface area contributed by atoms with E-state index in [1.54, 1.807) is 7.11 Å². The van der Waals surface area contributed by atoms with Crippen LogP contribution in [0.2, 0.25) is 0 Å². The molecular weight excluding hydrogens is 262 g/mol. The number of hydrogen-bond donors (Lipinski definition) is 0. The molecule has 0 bridgehead atoms. The van der Waals surface area contributed by atoms with E-state index in [0.29, 0.717) is 5.82 Å². The monoisotopic (exact) mass is 275 g/mol. The quantitative estimate of drug-likeness (QED) is 0.561. The lowest BCUT2D eigenvalue weighted by Crippen LogP contribution is -1.92. The van der Waals surface area contributed by atoms with Crippen molar-refractivity contribution in [2.24, 2.45) is 0 Å². The van der Waals surface area contributed by atoms with Gasteiger partial charge in [0, 0.05) is 28.9 Å². The van der Waals surface area contributed by atoms with Crippen molar-refractivity contribution >= 4 is 16.6 Å². The lowest BCUT2D eigenvalue weighted by molar-refractivity contribution is 0.415. The minimum Gasteiger partial charge on any atom is -0.497 e. The maximum Gasteiger partial charge on any atom is 0.161 e. The predicted octanol–water partition coefficient (Wildman–Crippen LogP) is 3.56. The summed E-state index contributed by atoms with van der Waals surface area (Å²) in [6.07, 6.45) is 3.88. The normalized spacial score (nSPS) is 11.1. The molecule has 0 radical (unpaired) electrons. The zero-order valence-electron chi connectivity index (χ0n) is 11.5. The molecule has 4 rings (SSSR count). The fourth-order valence-corrected chi connectivity index (χ4v) is 2.50. The van der Waals surface area contributed by atoms with Gasteiger partial charge >= 0.3 is 0 Å². The number of aromatic nitrogens is 3. The Bertz CT molecular complexity index is 943. The van der Waals surface area contributed by atoms with Gasteiger partial charge in [0.2, 0.25) is 0 Å². The van der Waals surface area contributed by atoms with Crippen molar-refractivity contribution in [3.05, 3.63) is 60.9 Å². The van der Waals surface area contributed by atoms with Crippen LogP contribution in [-0.4, -0.2) is 21.5 Å². The van der Waals surface area contributed by atoms with Crippen LogP contribution in [0.4, 0.5) is 0 Å². The van der Waals surface area contributed by atoms with E-state index < -0.39 is 0 Å². The van der Waals surface area contributed by atoms with Gasteiger partial charge in [0.1, 0.15) is 11.4 Å². The Balaban J connectivity index is 1.95. The van der Waals surface area contributed by atoms with Gasteiger partial charge in [-0.15, -0.1) is 0 Å². The number of methoxy groups -OCH3 is 1. The first kappa shape index (κ1) is 11.9. The lowest BCUT2D eigenvalue weighted by atomic mass is 10.2. The minimum absolute atomic E-state index is 0.699. The second-order valence-electron chi connectivity index (χ2n) is 4.84. The third-order valence-electron chi connectivity index (χ3n) is 3.55. The fourth-order valence-electron chi connectivity index (χ4n) is 2.50. The number of rotatable bonds is 2. The molecule has 3 aromatic heterocycles. The molecule has 0 fully saturated rings. The molecule has 0 N–H and O–H groups in total.